The van der Waals surface area contributed by atoms with Crippen LogP contribution >= 0.6 is 0 Å². The quantitative estimate of drug-likeness (QED) is 0.584. The number of fused-ring (bicyclic) bond motifs is 3. The van der Waals surface area contributed by atoms with Crippen molar-refractivity contribution in [3.05, 3.63) is 48.9 Å². The van der Waals surface area contributed by atoms with Gasteiger partial charge in [0.2, 0.25) is 0 Å². The van der Waals surface area contributed by atoms with Crippen LogP contribution in [-0.4, -0.2) is 50.3 Å². The Bertz CT molecular complexity index is 1180. The molecule has 5 heterocycles. The standard InChI is InChI=1S/C22H22N6O/c1-27-11-16(10-24-27)14-2-5-20-19(8-14)22(26-25-20)15-6-7-23-21(9-15)28-12-17-3-4-18(13-28)29-17/h2,5-11,17-18H,3-4,12-13H2,1H3,(H,25,26). The van der Waals surface area contributed by atoms with Crippen molar-refractivity contribution in [2.75, 3.05) is 18.0 Å². The number of H-pyrrole nitrogens is 1. The molecule has 1 aromatic carbocycles. The van der Waals surface area contributed by atoms with Crippen molar-refractivity contribution in [3.8, 4) is 22.4 Å². The van der Waals surface area contributed by atoms with Crippen LogP contribution in [0, 0.1) is 0 Å². The minimum absolute atomic E-state index is 0.340. The number of aryl methyl sites for hydroxylation is 1. The van der Waals surface area contributed by atoms with Crippen LogP contribution in [0.3, 0.4) is 0 Å². The number of aromatic nitrogens is 5. The summed E-state index contributed by atoms with van der Waals surface area (Å²) in [6.07, 6.45) is 8.79. The van der Waals surface area contributed by atoms with E-state index >= 15 is 0 Å². The molecule has 2 fully saturated rings. The maximum atomic E-state index is 5.97. The highest BCUT2D eigenvalue weighted by Crippen LogP contribution is 2.33. The number of benzene rings is 1. The van der Waals surface area contributed by atoms with Gasteiger partial charge in [0.15, 0.2) is 0 Å². The third-order valence-corrected chi connectivity index (χ3v) is 5.99. The second kappa shape index (κ2) is 6.42. The Balaban J connectivity index is 1.39. The zero-order valence-corrected chi connectivity index (χ0v) is 16.2. The van der Waals surface area contributed by atoms with Crippen LogP contribution in [0.4, 0.5) is 5.82 Å². The Morgan fingerprint density at radius 1 is 1.03 bits per heavy atom. The fourth-order valence-electron chi connectivity index (χ4n) is 4.52. The van der Waals surface area contributed by atoms with Gasteiger partial charge in [-0.05, 0) is 42.7 Å². The summed E-state index contributed by atoms with van der Waals surface area (Å²) in [5.74, 6) is 1.00. The van der Waals surface area contributed by atoms with Crippen molar-refractivity contribution in [1.29, 1.82) is 0 Å². The van der Waals surface area contributed by atoms with Gasteiger partial charge in [-0.25, -0.2) is 4.98 Å². The van der Waals surface area contributed by atoms with Gasteiger partial charge in [0.25, 0.3) is 0 Å². The topological polar surface area (TPSA) is 71.9 Å². The van der Waals surface area contributed by atoms with E-state index in [-0.39, 0.29) is 0 Å². The monoisotopic (exact) mass is 386 g/mol. The fourth-order valence-corrected chi connectivity index (χ4v) is 4.52. The first-order valence-corrected chi connectivity index (χ1v) is 10.1. The molecule has 2 aliphatic rings. The summed E-state index contributed by atoms with van der Waals surface area (Å²) in [5.41, 5.74) is 5.28. The second-order valence-electron chi connectivity index (χ2n) is 8.00. The molecular formula is C22H22N6O. The molecule has 7 nitrogen and oxygen atoms in total. The largest absolute Gasteiger partial charge is 0.371 e. The van der Waals surface area contributed by atoms with Gasteiger partial charge < -0.3 is 9.64 Å². The predicted octanol–water partition coefficient (Wildman–Crippen LogP) is 3.39. The maximum absolute atomic E-state index is 5.97. The summed E-state index contributed by atoms with van der Waals surface area (Å²) in [6.45, 7) is 1.83. The van der Waals surface area contributed by atoms with Crippen molar-refractivity contribution in [2.24, 2.45) is 7.05 Å². The molecule has 146 valence electrons. The highest BCUT2D eigenvalue weighted by molar-refractivity contribution is 5.95. The zero-order chi connectivity index (χ0) is 19.4. The lowest BCUT2D eigenvalue weighted by Crippen LogP contribution is -2.43. The lowest BCUT2D eigenvalue weighted by Gasteiger charge is -2.33. The minimum atomic E-state index is 0.340. The van der Waals surface area contributed by atoms with Gasteiger partial charge >= 0.3 is 0 Å². The average molecular weight is 386 g/mol. The summed E-state index contributed by atoms with van der Waals surface area (Å²) >= 11 is 0. The van der Waals surface area contributed by atoms with Crippen molar-refractivity contribution in [3.63, 3.8) is 0 Å². The third kappa shape index (κ3) is 2.89. The van der Waals surface area contributed by atoms with Crippen molar-refractivity contribution >= 4 is 16.7 Å². The summed E-state index contributed by atoms with van der Waals surface area (Å²) in [7, 11) is 1.93. The van der Waals surface area contributed by atoms with E-state index in [9.17, 15) is 0 Å². The van der Waals surface area contributed by atoms with E-state index < -0.39 is 0 Å². The number of pyridine rings is 1. The number of nitrogens with one attached hydrogen (secondary N) is 1. The smallest absolute Gasteiger partial charge is 0.129 e. The van der Waals surface area contributed by atoms with Crippen molar-refractivity contribution < 1.29 is 4.74 Å². The first kappa shape index (κ1) is 16.7. The van der Waals surface area contributed by atoms with Crippen LogP contribution in [0.5, 0.6) is 0 Å². The number of hydrogen-bond donors (Lipinski definition) is 1. The van der Waals surface area contributed by atoms with E-state index in [0.29, 0.717) is 12.2 Å². The summed E-state index contributed by atoms with van der Waals surface area (Å²) in [6, 6.07) is 10.5. The summed E-state index contributed by atoms with van der Waals surface area (Å²) in [5, 5.41) is 13.2. The molecule has 1 N–H and O–H groups in total. The lowest BCUT2D eigenvalue weighted by atomic mass is 10.0. The van der Waals surface area contributed by atoms with E-state index in [1.807, 2.05) is 36.4 Å². The molecule has 0 saturated carbocycles. The number of morpholine rings is 1. The zero-order valence-electron chi connectivity index (χ0n) is 16.2. The Kier molecular flexibility index (Phi) is 3.70. The van der Waals surface area contributed by atoms with Crippen LogP contribution in [0.15, 0.2) is 48.9 Å². The molecule has 2 aliphatic heterocycles. The molecule has 4 aromatic rings. The molecule has 7 heteroatoms. The molecule has 3 aromatic heterocycles. The van der Waals surface area contributed by atoms with E-state index in [1.54, 1.807) is 0 Å². The van der Waals surface area contributed by atoms with Crippen LogP contribution < -0.4 is 4.90 Å². The average Bonchev–Trinajstić information content (AvgIpc) is 3.46. The van der Waals surface area contributed by atoms with E-state index in [2.05, 4.69) is 49.4 Å². The molecule has 6 rings (SSSR count). The third-order valence-electron chi connectivity index (χ3n) is 5.99. The fraction of sp³-hybridized carbons (Fsp3) is 0.318. The van der Waals surface area contributed by atoms with Crippen LogP contribution in [0.25, 0.3) is 33.3 Å². The molecular weight excluding hydrogens is 364 g/mol. The molecule has 0 radical (unpaired) electrons. The Hall–Kier alpha value is -3.19. The number of aromatic amines is 1. The van der Waals surface area contributed by atoms with Gasteiger partial charge in [0.05, 0.1) is 23.9 Å². The molecule has 2 unspecified atom stereocenters. The molecule has 0 spiro atoms. The summed E-state index contributed by atoms with van der Waals surface area (Å²) < 4.78 is 7.79. The lowest BCUT2D eigenvalue weighted by molar-refractivity contribution is 0.0302. The molecule has 0 amide bonds. The minimum Gasteiger partial charge on any atom is -0.371 e. The second-order valence-corrected chi connectivity index (χ2v) is 8.00. The molecule has 29 heavy (non-hydrogen) atoms. The van der Waals surface area contributed by atoms with Crippen LogP contribution in [-0.2, 0) is 11.8 Å². The molecule has 0 aliphatic carbocycles. The van der Waals surface area contributed by atoms with Gasteiger partial charge in [-0.3, -0.25) is 9.78 Å². The Morgan fingerprint density at radius 2 is 1.90 bits per heavy atom. The van der Waals surface area contributed by atoms with E-state index in [1.165, 1.54) is 0 Å². The van der Waals surface area contributed by atoms with E-state index in [4.69, 9.17) is 4.74 Å². The SMILES string of the molecule is Cn1cc(-c2ccc3[nH]nc(-c4ccnc(N5CC6CCC(C5)O6)c4)c3c2)cn1. The van der Waals surface area contributed by atoms with Gasteiger partial charge in [-0.15, -0.1) is 0 Å². The normalized spacial score (nSPS) is 21.2. The number of hydrogen-bond acceptors (Lipinski definition) is 5. The highest BCUT2D eigenvalue weighted by atomic mass is 16.5. The van der Waals surface area contributed by atoms with Gasteiger partial charge in [-0.2, -0.15) is 10.2 Å². The van der Waals surface area contributed by atoms with Crippen LogP contribution in [0.1, 0.15) is 12.8 Å². The van der Waals surface area contributed by atoms with Crippen molar-refractivity contribution in [2.45, 2.75) is 25.0 Å². The van der Waals surface area contributed by atoms with Gasteiger partial charge in [-0.1, -0.05) is 6.07 Å². The number of ether oxygens (including phenoxy) is 1. The number of anilines is 1. The van der Waals surface area contributed by atoms with E-state index in [0.717, 1.165) is 65.0 Å². The predicted molar refractivity (Wildman–Crippen MR) is 112 cm³/mol. The Labute approximate surface area is 168 Å². The maximum Gasteiger partial charge on any atom is 0.129 e. The molecule has 2 atom stereocenters. The molecule has 2 saturated heterocycles. The first-order chi connectivity index (χ1) is 14.2. The molecule has 2 bridgehead atoms. The summed E-state index contributed by atoms with van der Waals surface area (Å²) in [4.78, 5) is 6.99. The van der Waals surface area contributed by atoms with Crippen LogP contribution in [0.2, 0.25) is 0 Å². The van der Waals surface area contributed by atoms with Gasteiger partial charge in [0.1, 0.15) is 11.5 Å². The first-order valence-electron chi connectivity index (χ1n) is 10.1. The van der Waals surface area contributed by atoms with Gasteiger partial charge in [0, 0.05) is 49.0 Å². The number of rotatable bonds is 3. The highest BCUT2D eigenvalue weighted by Gasteiger charge is 2.34. The Morgan fingerprint density at radius 3 is 2.69 bits per heavy atom. The number of nitrogens with zero attached hydrogens (tertiary/aromatic N) is 5. The van der Waals surface area contributed by atoms with Crippen molar-refractivity contribution in [1.82, 2.24) is 25.0 Å².